The van der Waals surface area contributed by atoms with Crippen molar-refractivity contribution in [1.29, 1.82) is 0 Å². The number of benzene rings is 2. The normalized spacial score (nSPS) is 18.6. The number of hydrogen-bond acceptors (Lipinski definition) is 5. The molecule has 0 spiro atoms. The average molecular weight is 608 g/mol. The van der Waals surface area contributed by atoms with E-state index in [0.717, 1.165) is 84.4 Å². The largest absolute Gasteiger partial charge is 0.368 e. The molecule has 1 unspecified atom stereocenters. The molecule has 3 aromatic rings. The zero-order chi connectivity index (χ0) is 31.7. The number of anilines is 1. The number of aromatic nitrogens is 1. The van der Waals surface area contributed by atoms with Gasteiger partial charge in [-0.15, -0.1) is 0 Å². The summed E-state index contributed by atoms with van der Waals surface area (Å²) in [5.41, 5.74) is 14.9. The molecular weight excluding hydrogens is 562 g/mol. The van der Waals surface area contributed by atoms with Crippen LogP contribution in [0.4, 0.5) is 5.69 Å². The first-order valence-electron chi connectivity index (χ1n) is 16.5. The first kappa shape index (κ1) is 30.8. The number of nitrogens with one attached hydrogen (secondary N) is 2. The minimum Gasteiger partial charge on any atom is -0.368 e. The molecule has 8 nitrogen and oxygen atoms in total. The Morgan fingerprint density at radius 1 is 1.00 bits per heavy atom. The molecule has 45 heavy (non-hydrogen) atoms. The Morgan fingerprint density at radius 2 is 1.76 bits per heavy atom. The van der Waals surface area contributed by atoms with E-state index < -0.39 is 0 Å². The molecule has 1 saturated carbocycles. The van der Waals surface area contributed by atoms with Gasteiger partial charge in [0.25, 0.3) is 11.5 Å². The molecule has 2 aliphatic heterocycles. The van der Waals surface area contributed by atoms with E-state index >= 15 is 0 Å². The van der Waals surface area contributed by atoms with E-state index in [9.17, 15) is 14.4 Å². The number of aromatic amines is 1. The molecule has 0 bridgehead atoms. The van der Waals surface area contributed by atoms with Crippen LogP contribution in [0.25, 0.3) is 17.2 Å². The minimum absolute atomic E-state index is 0.160. The van der Waals surface area contributed by atoms with Gasteiger partial charge in [0.1, 0.15) is 0 Å². The fraction of sp³-hybridized carbons (Fsp3) is 0.432. The predicted octanol–water partition coefficient (Wildman–Crippen LogP) is 5.59. The molecule has 1 aromatic heterocycles. The average Bonchev–Trinajstić information content (AvgIpc) is 3.73. The highest BCUT2D eigenvalue weighted by Crippen LogP contribution is 2.40. The lowest BCUT2D eigenvalue weighted by atomic mass is 9.90. The van der Waals surface area contributed by atoms with E-state index in [4.69, 9.17) is 5.73 Å². The molecule has 4 N–H and O–H groups in total. The van der Waals surface area contributed by atoms with Gasteiger partial charge in [-0.1, -0.05) is 55.7 Å². The van der Waals surface area contributed by atoms with Gasteiger partial charge in [-0.25, -0.2) is 0 Å². The number of hydrogen-bond donors (Lipinski definition) is 3. The molecule has 2 aromatic carbocycles. The van der Waals surface area contributed by atoms with Crippen LogP contribution >= 0.6 is 0 Å². The van der Waals surface area contributed by atoms with Crippen molar-refractivity contribution in [2.24, 2.45) is 5.73 Å². The first-order chi connectivity index (χ1) is 21.7. The summed E-state index contributed by atoms with van der Waals surface area (Å²) >= 11 is 0. The molecule has 1 atom stereocenters. The molecule has 1 saturated heterocycles. The molecule has 0 radical (unpaired) electrons. The number of carbonyl (C=O) groups excluding carboxylic acids is 2. The maximum absolute atomic E-state index is 14.0. The van der Waals surface area contributed by atoms with E-state index in [2.05, 4.69) is 63.4 Å². The van der Waals surface area contributed by atoms with E-state index in [-0.39, 0.29) is 30.0 Å². The Hall–Kier alpha value is -4.17. The smallest absolute Gasteiger partial charge is 0.253 e. The number of likely N-dealkylation sites (tertiary alicyclic amines) is 1. The Bertz CT molecular complexity index is 1680. The molecule has 6 rings (SSSR count). The summed E-state index contributed by atoms with van der Waals surface area (Å²) in [6.45, 7) is 8.54. The van der Waals surface area contributed by atoms with Crippen molar-refractivity contribution in [3.63, 3.8) is 0 Å². The third-order valence-electron chi connectivity index (χ3n) is 9.94. The SMILES string of the molecule is CCC1=Cc2c(C(=O)NCc3c(C)cc(C)[nH]c3=O)cc(-c3ccc(CN4CCCC4C(N)=O)cc3)cc2N(C2CCCC2)C1. The first-order valence-corrected chi connectivity index (χ1v) is 16.5. The molecule has 1 aliphatic carbocycles. The second kappa shape index (κ2) is 13.1. The van der Waals surface area contributed by atoms with Crippen molar-refractivity contribution in [1.82, 2.24) is 15.2 Å². The highest BCUT2D eigenvalue weighted by Gasteiger charge is 2.31. The van der Waals surface area contributed by atoms with Crippen LogP contribution in [-0.2, 0) is 17.9 Å². The lowest BCUT2D eigenvalue weighted by molar-refractivity contribution is -0.122. The second-order valence-corrected chi connectivity index (χ2v) is 13.0. The van der Waals surface area contributed by atoms with Crippen molar-refractivity contribution < 1.29 is 9.59 Å². The summed E-state index contributed by atoms with van der Waals surface area (Å²) in [6, 6.07) is 14.9. The van der Waals surface area contributed by atoms with Crippen LogP contribution in [0.15, 0.2) is 52.8 Å². The third kappa shape index (κ3) is 6.47. The topological polar surface area (TPSA) is 112 Å². The van der Waals surface area contributed by atoms with Crippen LogP contribution in [0, 0.1) is 13.8 Å². The second-order valence-electron chi connectivity index (χ2n) is 13.0. The number of nitrogens with zero attached hydrogens (tertiary/aromatic N) is 2. The molecule has 3 heterocycles. The number of primary amides is 1. The number of nitrogens with two attached hydrogens (primary N) is 1. The quantitative estimate of drug-likeness (QED) is 0.294. The number of aryl methyl sites for hydroxylation is 2. The highest BCUT2D eigenvalue weighted by molar-refractivity contribution is 6.02. The van der Waals surface area contributed by atoms with Crippen LogP contribution in [0.3, 0.4) is 0 Å². The number of pyridine rings is 1. The van der Waals surface area contributed by atoms with Gasteiger partial charge in [-0.05, 0) is 92.9 Å². The number of carbonyl (C=O) groups is 2. The number of amides is 2. The lowest BCUT2D eigenvalue weighted by Gasteiger charge is -2.37. The van der Waals surface area contributed by atoms with Gasteiger partial charge in [0.2, 0.25) is 5.91 Å². The molecule has 2 fully saturated rings. The summed E-state index contributed by atoms with van der Waals surface area (Å²) in [7, 11) is 0. The summed E-state index contributed by atoms with van der Waals surface area (Å²) < 4.78 is 0. The summed E-state index contributed by atoms with van der Waals surface area (Å²) in [4.78, 5) is 46.2. The predicted molar refractivity (Wildman–Crippen MR) is 180 cm³/mol. The summed E-state index contributed by atoms with van der Waals surface area (Å²) in [5, 5.41) is 3.08. The van der Waals surface area contributed by atoms with E-state index in [1.54, 1.807) is 0 Å². The Labute approximate surface area is 265 Å². The van der Waals surface area contributed by atoms with E-state index in [1.165, 1.54) is 18.4 Å². The van der Waals surface area contributed by atoms with Crippen molar-refractivity contribution in [2.75, 3.05) is 18.0 Å². The molecule has 3 aliphatic rings. The van der Waals surface area contributed by atoms with Gasteiger partial charge in [0.15, 0.2) is 0 Å². The van der Waals surface area contributed by atoms with Crippen LogP contribution < -0.4 is 21.5 Å². The van der Waals surface area contributed by atoms with Crippen LogP contribution in [0.5, 0.6) is 0 Å². The van der Waals surface area contributed by atoms with Gasteiger partial charge in [0.05, 0.1) is 6.04 Å². The maximum Gasteiger partial charge on any atom is 0.253 e. The maximum atomic E-state index is 14.0. The fourth-order valence-electron chi connectivity index (χ4n) is 7.43. The minimum atomic E-state index is -0.252. The van der Waals surface area contributed by atoms with Gasteiger partial charge < -0.3 is 20.9 Å². The zero-order valence-corrected chi connectivity index (χ0v) is 26.7. The van der Waals surface area contributed by atoms with Crippen molar-refractivity contribution >= 4 is 23.6 Å². The Morgan fingerprint density at radius 3 is 2.44 bits per heavy atom. The zero-order valence-electron chi connectivity index (χ0n) is 26.7. The van der Waals surface area contributed by atoms with E-state index in [1.807, 2.05) is 26.0 Å². The molecule has 236 valence electrons. The number of rotatable bonds is 9. The fourth-order valence-corrected chi connectivity index (χ4v) is 7.43. The lowest BCUT2D eigenvalue weighted by Crippen LogP contribution is -2.39. The van der Waals surface area contributed by atoms with Gasteiger partial charge in [-0.3, -0.25) is 19.3 Å². The molecule has 2 amide bonds. The van der Waals surface area contributed by atoms with Crippen molar-refractivity contribution in [3.05, 3.63) is 91.9 Å². The number of fused-ring (bicyclic) bond motifs is 1. The monoisotopic (exact) mass is 607 g/mol. The van der Waals surface area contributed by atoms with Gasteiger partial charge >= 0.3 is 0 Å². The molecular formula is C37H45N5O3. The Balaban J connectivity index is 1.35. The Kier molecular flexibility index (Phi) is 8.95. The van der Waals surface area contributed by atoms with Gasteiger partial charge in [0, 0.05) is 53.7 Å². The summed E-state index contributed by atoms with van der Waals surface area (Å²) in [5.74, 6) is -0.436. The number of H-pyrrole nitrogens is 1. The summed E-state index contributed by atoms with van der Waals surface area (Å²) in [6.07, 6.45) is 9.72. The van der Waals surface area contributed by atoms with Gasteiger partial charge in [-0.2, -0.15) is 0 Å². The third-order valence-corrected chi connectivity index (χ3v) is 9.94. The molecule has 8 heteroatoms. The van der Waals surface area contributed by atoms with Crippen molar-refractivity contribution in [2.45, 2.75) is 90.9 Å². The van der Waals surface area contributed by atoms with Crippen LogP contribution in [-0.4, -0.2) is 46.9 Å². The van der Waals surface area contributed by atoms with Crippen LogP contribution in [0.2, 0.25) is 0 Å². The standard InChI is InChI=1S/C37H45N5O3/c1-4-25-17-30-31(36(44)39-20-32-23(2)16-24(3)40-37(32)45)18-28(19-34(30)42(22-25)29-8-5-6-9-29)27-13-11-26(12-14-27)21-41-15-7-10-33(41)35(38)43/h11-14,16-19,29,33H,4-10,15,20-22H2,1-3H3,(H2,38,43)(H,39,44)(H,40,45). The van der Waals surface area contributed by atoms with Crippen molar-refractivity contribution in [3.8, 4) is 11.1 Å². The van der Waals surface area contributed by atoms with Crippen LogP contribution in [0.1, 0.15) is 90.2 Å². The highest BCUT2D eigenvalue weighted by atomic mass is 16.2. The van der Waals surface area contributed by atoms with E-state index in [0.29, 0.717) is 23.7 Å².